The maximum atomic E-state index is 6.44. The van der Waals surface area contributed by atoms with Crippen molar-refractivity contribution in [1.82, 2.24) is 4.90 Å². The average Bonchev–Trinajstić information content (AvgIpc) is 3.03. The van der Waals surface area contributed by atoms with Crippen LogP contribution in [0, 0.1) is 17.3 Å². The van der Waals surface area contributed by atoms with E-state index in [4.69, 9.17) is 9.47 Å². The van der Waals surface area contributed by atoms with Gasteiger partial charge in [-0.05, 0) is 69.4 Å². The lowest BCUT2D eigenvalue weighted by Gasteiger charge is -2.44. The minimum Gasteiger partial charge on any atom is -0.350 e. The smallest absolute Gasteiger partial charge is 0.161 e. The van der Waals surface area contributed by atoms with Gasteiger partial charge in [0.15, 0.2) is 6.29 Å². The van der Waals surface area contributed by atoms with E-state index in [1.807, 2.05) is 0 Å². The number of nitrogens with zero attached hydrogens (tertiary/aromatic N) is 1. The SMILES string of the molecule is C[C@H]1CC2=C(C[C@@H]1[C@@H]1OC[C@@H](CN3CCCCC3)O1)C(C)(C)CCC2. The van der Waals surface area contributed by atoms with Gasteiger partial charge in [0.1, 0.15) is 0 Å². The summed E-state index contributed by atoms with van der Waals surface area (Å²) in [6, 6.07) is 0. The summed E-state index contributed by atoms with van der Waals surface area (Å²) in [7, 11) is 0. The molecule has 0 radical (unpaired) electrons. The molecule has 2 aliphatic heterocycles. The molecule has 2 aliphatic carbocycles. The summed E-state index contributed by atoms with van der Waals surface area (Å²) in [5, 5.41) is 0. The van der Waals surface area contributed by atoms with E-state index < -0.39 is 0 Å². The minimum absolute atomic E-state index is 0.0246. The van der Waals surface area contributed by atoms with Crippen molar-refractivity contribution >= 4 is 0 Å². The summed E-state index contributed by atoms with van der Waals surface area (Å²) in [5.74, 6) is 1.23. The number of rotatable bonds is 3. The van der Waals surface area contributed by atoms with Crippen molar-refractivity contribution in [2.75, 3.05) is 26.2 Å². The second-order valence-corrected chi connectivity index (χ2v) is 9.69. The van der Waals surface area contributed by atoms with Crippen molar-refractivity contribution in [3.05, 3.63) is 11.1 Å². The first-order valence-corrected chi connectivity index (χ1v) is 10.7. The highest BCUT2D eigenvalue weighted by atomic mass is 16.7. The van der Waals surface area contributed by atoms with Crippen LogP contribution in [0.15, 0.2) is 11.1 Å². The molecule has 4 atom stereocenters. The highest BCUT2D eigenvalue weighted by Crippen LogP contribution is 2.50. The summed E-state index contributed by atoms with van der Waals surface area (Å²) >= 11 is 0. The topological polar surface area (TPSA) is 21.7 Å². The summed E-state index contributed by atoms with van der Waals surface area (Å²) in [6.45, 7) is 11.7. The van der Waals surface area contributed by atoms with Crippen molar-refractivity contribution in [1.29, 1.82) is 0 Å². The molecule has 4 aliphatic rings. The van der Waals surface area contributed by atoms with Crippen LogP contribution in [0.25, 0.3) is 0 Å². The fourth-order valence-corrected chi connectivity index (χ4v) is 5.73. The van der Waals surface area contributed by atoms with Crippen LogP contribution in [0.5, 0.6) is 0 Å². The van der Waals surface area contributed by atoms with Gasteiger partial charge < -0.3 is 14.4 Å². The molecule has 142 valence electrons. The summed E-state index contributed by atoms with van der Waals surface area (Å²) in [6.07, 6.45) is 10.9. The molecule has 0 bridgehead atoms. The molecule has 0 amide bonds. The number of hydrogen-bond acceptors (Lipinski definition) is 3. The molecule has 0 aromatic rings. The molecular weight excluding hydrogens is 310 g/mol. The van der Waals surface area contributed by atoms with Crippen LogP contribution in [0.2, 0.25) is 0 Å². The molecule has 3 nitrogen and oxygen atoms in total. The van der Waals surface area contributed by atoms with Gasteiger partial charge in [-0.15, -0.1) is 0 Å². The lowest BCUT2D eigenvalue weighted by atomic mass is 9.63. The van der Waals surface area contributed by atoms with Gasteiger partial charge in [-0.3, -0.25) is 0 Å². The van der Waals surface area contributed by atoms with E-state index in [0.717, 1.165) is 13.2 Å². The van der Waals surface area contributed by atoms with Crippen LogP contribution in [0.3, 0.4) is 0 Å². The van der Waals surface area contributed by atoms with Crippen LogP contribution in [-0.4, -0.2) is 43.5 Å². The maximum absolute atomic E-state index is 6.44. The van der Waals surface area contributed by atoms with Gasteiger partial charge in [0.2, 0.25) is 0 Å². The van der Waals surface area contributed by atoms with Crippen LogP contribution in [0.1, 0.15) is 72.1 Å². The van der Waals surface area contributed by atoms with Crippen molar-refractivity contribution in [3.63, 3.8) is 0 Å². The van der Waals surface area contributed by atoms with Gasteiger partial charge in [0.25, 0.3) is 0 Å². The Balaban J connectivity index is 1.38. The zero-order valence-corrected chi connectivity index (χ0v) is 16.6. The van der Waals surface area contributed by atoms with E-state index in [1.165, 1.54) is 64.5 Å². The third kappa shape index (κ3) is 3.84. The number of piperidine rings is 1. The predicted octanol–water partition coefficient (Wildman–Crippen LogP) is 4.77. The van der Waals surface area contributed by atoms with Gasteiger partial charge in [0.05, 0.1) is 12.7 Å². The second-order valence-electron chi connectivity index (χ2n) is 9.69. The third-order valence-electron chi connectivity index (χ3n) is 7.30. The zero-order valence-electron chi connectivity index (χ0n) is 16.6. The van der Waals surface area contributed by atoms with E-state index in [0.29, 0.717) is 17.3 Å². The summed E-state index contributed by atoms with van der Waals surface area (Å²) < 4.78 is 12.6. The van der Waals surface area contributed by atoms with E-state index >= 15 is 0 Å². The maximum Gasteiger partial charge on any atom is 0.161 e. The van der Waals surface area contributed by atoms with Crippen molar-refractivity contribution in [3.8, 4) is 0 Å². The molecule has 4 rings (SSSR count). The first kappa shape index (κ1) is 18.0. The zero-order chi connectivity index (χ0) is 17.4. The van der Waals surface area contributed by atoms with Crippen LogP contribution >= 0.6 is 0 Å². The van der Waals surface area contributed by atoms with Crippen molar-refractivity contribution in [2.24, 2.45) is 17.3 Å². The molecule has 2 saturated heterocycles. The molecule has 0 unspecified atom stereocenters. The van der Waals surface area contributed by atoms with Gasteiger partial charge in [-0.1, -0.05) is 38.3 Å². The predicted molar refractivity (Wildman–Crippen MR) is 101 cm³/mol. The molecule has 0 aromatic carbocycles. The van der Waals surface area contributed by atoms with E-state index in [-0.39, 0.29) is 12.4 Å². The lowest BCUT2D eigenvalue weighted by Crippen LogP contribution is -2.39. The number of ether oxygens (including phenoxy) is 2. The highest BCUT2D eigenvalue weighted by molar-refractivity contribution is 5.27. The van der Waals surface area contributed by atoms with Gasteiger partial charge in [0, 0.05) is 12.5 Å². The Morgan fingerprint density at radius 3 is 2.68 bits per heavy atom. The minimum atomic E-state index is 0.0246. The fourth-order valence-electron chi connectivity index (χ4n) is 5.73. The summed E-state index contributed by atoms with van der Waals surface area (Å²) in [4.78, 5) is 2.58. The first-order chi connectivity index (χ1) is 12.0. The molecule has 0 saturated carbocycles. The standard InChI is InChI=1S/C22H37NO2/c1-16-12-17-8-7-9-22(2,3)20(17)13-19(16)21-24-15-18(25-21)14-23-10-5-4-6-11-23/h16,18-19,21H,4-15H2,1-3H3/t16-,18+,19-,21+/m0/s1. The Kier molecular flexibility index (Phi) is 5.28. The molecule has 2 fully saturated rings. The van der Waals surface area contributed by atoms with Crippen LogP contribution in [-0.2, 0) is 9.47 Å². The van der Waals surface area contributed by atoms with E-state index in [9.17, 15) is 0 Å². The largest absolute Gasteiger partial charge is 0.350 e. The van der Waals surface area contributed by atoms with Gasteiger partial charge >= 0.3 is 0 Å². The Hall–Kier alpha value is -0.380. The Labute approximate surface area is 154 Å². The number of likely N-dealkylation sites (tertiary alicyclic amines) is 1. The first-order valence-electron chi connectivity index (χ1n) is 10.7. The molecular formula is C22H37NO2. The van der Waals surface area contributed by atoms with Gasteiger partial charge in [-0.25, -0.2) is 0 Å². The molecule has 2 heterocycles. The van der Waals surface area contributed by atoms with Crippen LogP contribution in [0.4, 0.5) is 0 Å². The quantitative estimate of drug-likeness (QED) is 0.687. The second kappa shape index (κ2) is 7.32. The molecule has 0 N–H and O–H groups in total. The monoisotopic (exact) mass is 347 g/mol. The van der Waals surface area contributed by atoms with E-state index in [2.05, 4.69) is 25.7 Å². The Bertz CT molecular complexity index is 506. The molecule has 3 heteroatoms. The molecule has 0 aromatic heterocycles. The Morgan fingerprint density at radius 1 is 1.08 bits per heavy atom. The molecule has 0 spiro atoms. The molecule has 25 heavy (non-hydrogen) atoms. The van der Waals surface area contributed by atoms with Gasteiger partial charge in [-0.2, -0.15) is 0 Å². The van der Waals surface area contributed by atoms with Crippen LogP contribution < -0.4 is 0 Å². The lowest BCUT2D eigenvalue weighted by molar-refractivity contribution is -0.115. The normalized spacial score (nSPS) is 39.5. The van der Waals surface area contributed by atoms with Crippen molar-refractivity contribution < 1.29 is 9.47 Å². The van der Waals surface area contributed by atoms with E-state index in [1.54, 1.807) is 11.1 Å². The Morgan fingerprint density at radius 2 is 1.88 bits per heavy atom. The summed E-state index contributed by atoms with van der Waals surface area (Å²) in [5.41, 5.74) is 3.90. The third-order valence-corrected chi connectivity index (χ3v) is 7.30. The number of hydrogen-bond donors (Lipinski definition) is 0. The number of allylic oxidation sites excluding steroid dienone is 2. The van der Waals surface area contributed by atoms with Crippen molar-refractivity contribution in [2.45, 2.75) is 84.5 Å². The average molecular weight is 348 g/mol. The fraction of sp³-hybridized carbons (Fsp3) is 0.909. The highest BCUT2D eigenvalue weighted by Gasteiger charge is 2.42.